The van der Waals surface area contributed by atoms with E-state index < -0.39 is 22.9 Å². The summed E-state index contributed by atoms with van der Waals surface area (Å²) in [7, 11) is 1.58. The second-order valence-electron chi connectivity index (χ2n) is 11.1. The van der Waals surface area contributed by atoms with Crippen LogP contribution in [0.2, 0.25) is 0 Å². The third-order valence-electron chi connectivity index (χ3n) is 9.65. The van der Waals surface area contributed by atoms with Crippen LogP contribution in [-0.4, -0.2) is 37.5 Å². The number of allylic oxidation sites excluding steroid dienone is 1. The lowest BCUT2D eigenvalue weighted by atomic mass is 9.37. The Balaban J connectivity index is 1.58. The highest BCUT2D eigenvalue weighted by molar-refractivity contribution is 6.03. The molecule has 1 heterocycles. The first-order chi connectivity index (χ1) is 16.8. The van der Waals surface area contributed by atoms with Crippen LogP contribution in [0.5, 0.6) is 5.75 Å². The van der Waals surface area contributed by atoms with Gasteiger partial charge in [-0.3, -0.25) is 9.59 Å². The fourth-order valence-corrected chi connectivity index (χ4v) is 7.88. The van der Waals surface area contributed by atoms with Gasteiger partial charge >= 0.3 is 11.9 Å². The summed E-state index contributed by atoms with van der Waals surface area (Å²) >= 11 is 0. The molecule has 0 N–H and O–H groups in total. The molecule has 6 rings (SSSR count). The molecular formula is C29H36O6. The predicted molar refractivity (Wildman–Crippen MR) is 130 cm³/mol. The Morgan fingerprint density at radius 1 is 1.20 bits per heavy atom. The molecule has 0 amide bonds. The molecule has 2 bridgehead atoms. The van der Waals surface area contributed by atoms with Crippen LogP contribution in [0.1, 0.15) is 69.2 Å². The number of carbonyl (C=O) groups is 3. The van der Waals surface area contributed by atoms with Crippen molar-refractivity contribution in [3.8, 4) is 5.75 Å². The Morgan fingerprint density at radius 3 is 2.63 bits per heavy atom. The Hall–Kier alpha value is -2.63. The summed E-state index contributed by atoms with van der Waals surface area (Å²) < 4.78 is 17.2. The van der Waals surface area contributed by atoms with Crippen LogP contribution in [0.25, 0.3) is 0 Å². The number of carbonyl (C=O) groups excluding carboxylic acids is 3. The van der Waals surface area contributed by atoms with Gasteiger partial charge in [-0.1, -0.05) is 33.3 Å². The van der Waals surface area contributed by atoms with Crippen molar-refractivity contribution in [2.24, 2.45) is 34.5 Å². The fraction of sp³-hybridized carbons (Fsp3) is 0.621. The third-order valence-corrected chi connectivity index (χ3v) is 9.65. The molecule has 7 atom stereocenters. The first kappa shape index (κ1) is 24.1. The summed E-state index contributed by atoms with van der Waals surface area (Å²) in [6.45, 7) is 8.78. The number of cyclic esters (lactones) is 1. The molecule has 0 aromatic heterocycles. The number of methoxy groups -OCH3 is 1. The Labute approximate surface area is 207 Å². The topological polar surface area (TPSA) is 78.9 Å². The number of rotatable bonds is 6. The lowest BCUT2D eigenvalue weighted by molar-refractivity contribution is -0.229. The van der Waals surface area contributed by atoms with E-state index >= 15 is 0 Å². The average Bonchev–Trinajstić information content (AvgIpc) is 2.88. The van der Waals surface area contributed by atoms with Gasteiger partial charge in [-0.15, -0.1) is 0 Å². The number of hydrogen-bond donors (Lipinski definition) is 0. The van der Waals surface area contributed by atoms with Crippen LogP contribution in [0.4, 0.5) is 0 Å². The molecule has 3 unspecified atom stereocenters. The van der Waals surface area contributed by atoms with E-state index in [1.54, 1.807) is 31.4 Å². The number of benzene rings is 1. The van der Waals surface area contributed by atoms with Gasteiger partial charge in [-0.25, -0.2) is 4.79 Å². The van der Waals surface area contributed by atoms with Gasteiger partial charge in [0.2, 0.25) is 0 Å². The summed E-state index contributed by atoms with van der Waals surface area (Å²) in [6, 6.07) is 6.83. The second-order valence-corrected chi connectivity index (χ2v) is 11.1. The van der Waals surface area contributed by atoms with E-state index in [0.717, 1.165) is 32.1 Å². The van der Waals surface area contributed by atoms with Gasteiger partial charge in [0.25, 0.3) is 0 Å². The van der Waals surface area contributed by atoms with Crippen molar-refractivity contribution in [1.82, 2.24) is 0 Å². The maximum absolute atomic E-state index is 14.0. The smallest absolute Gasteiger partial charge is 0.338 e. The number of hydrogen-bond acceptors (Lipinski definition) is 6. The van der Waals surface area contributed by atoms with Crippen molar-refractivity contribution in [3.05, 3.63) is 42.0 Å². The van der Waals surface area contributed by atoms with E-state index in [9.17, 15) is 14.4 Å². The molecule has 1 aromatic rings. The average molecular weight is 481 g/mol. The van der Waals surface area contributed by atoms with Crippen LogP contribution in [0.15, 0.2) is 36.4 Å². The minimum atomic E-state index is -0.908. The van der Waals surface area contributed by atoms with Crippen LogP contribution in [-0.2, 0) is 19.1 Å². The quantitative estimate of drug-likeness (QED) is 0.414. The number of unbranched alkanes of at least 4 members (excludes halogenated alkanes) is 1. The van der Waals surface area contributed by atoms with E-state index in [-0.39, 0.29) is 35.4 Å². The molecule has 188 valence electrons. The molecular weight excluding hydrogens is 444 g/mol. The van der Waals surface area contributed by atoms with E-state index in [0.29, 0.717) is 36.3 Å². The Bertz CT molecular complexity index is 1040. The van der Waals surface area contributed by atoms with Gasteiger partial charge in [-0.2, -0.15) is 0 Å². The highest BCUT2D eigenvalue weighted by atomic mass is 16.5. The normalized spacial score (nSPS) is 37.8. The molecule has 35 heavy (non-hydrogen) atoms. The summed E-state index contributed by atoms with van der Waals surface area (Å²) in [5.74, 6) is 0.120. The number of esters is 2. The van der Waals surface area contributed by atoms with Gasteiger partial charge in [0.05, 0.1) is 30.1 Å². The number of ether oxygens (including phenoxy) is 3. The van der Waals surface area contributed by atoms with Crippen LogP contribution >= 0.6 is 0 Å². The van der Waals surface area contributed by atoms with Crippen LogP contribution < -0.4 is 4.74 Å². The third kappa shape index (κ3) is 3.39. The van der Waals surface area contributed by atoms with E-state index in [2.05, 4.69) is 20.4 Å². The van der Waals surface area contributed by atoms with E-state index in [4.69, 9.17) is 14.2 Å². The summed E-state index contributed by atoms with van der Waals surface area (Å²) in [5, 5.41) is 0. The van der Waals surface area contributed by atoms with Crippen molar-refractivity contribution in [3.63, 3.8) is 0 Å². The van der Waals surface area contributed by atoms with Crippen molar-refractivity contribution >= 4 is 17.7 Å². The summed E-state index contributed by atoms with van der Waals surface area (Å²) in [4.78, 5) is 40.9. The van der Waals surface area contributed by atoms with E-state index in [1.165, 1.54) is 0 Å². The molecule has 5 fully saturated rings. The zero-order valence-corrected chi connectivity index (χ0v) is 21.0. The van der Waals surface area contributed by atoms with Gasteiger partial charge in [0.15, 0.2) is 5.78 Å². The molecule has 1 aromatic carbocycles. The summed E-state index contributed by atoms with van der Waals surface area (Å²) in [5.41, 5.74) is -0.548. The first-order valence-electron chi connectivity index (χ1n) is 13.1. The number of Topliss-reactive ketones (excluding diaryl/α,β-unsaturated/α-hetero) is 1. The molecule has 1 aliphatic heterocycles. The standard InChI is InChI=1S/C29H36O6/c1-5-6-12-28-22(17(2)16-34-27(28)32)15-24(35-26(31)19-7-9-21(33-4)10-8-19)29-13-11-20(14-23(28)29)18(3)25(29)30/h7-10,17,20,22-24H,3,5-6,11-16H2,1-2,4H3/t17-,20+,22?,23?,24-,28?,29-/m1/s1. The SMILES string of the molecule is C=C1C(=O)[C@]23CC[C@H]1CC2C1(CCCC)C(=O)OC[C@@H](C)C1C[C@H]3OC(=O)c1ccc(OC)cc1. The highest BCUT2D eigenvalue weighted by Gasteiger charge is 2.73. The molecule has 6 heteroatoms. The summed E-state index contributed by atoms with van der Waals surface area (Å²) in [6.07, 6.45) is 4.72. The minimum Gasteiger partial charge on any atom is -0.497 e. The first-order valence-corrected chi connectivity index (χ1v) is 13.1. The van der Waals surface area contributed by atoms with Crippen molar-refractivity contribution < 1.29 is 28.6 Å². The zero-order valence-electron chi connectivity index (χ0n) is 21.0. The lowest BCUT2D eigenvalue weighted by Crippen LogP contribution is -2.70. The maximum Gasteiger partial charge on any atom is 0.338 e. The molecule has 5 aliphatic rings. The van der Waals surface area contributed by atoms with Gasteiger partial charge in [0.1, 0.15) is 11.9 Å². The zero-order chi connectivity index (χ0) is 25.0. The minimum absolute atomic E-state index is 0.00196. The molecule has 1 spiro atoms. The van der Waals surface area contributed by atoms with Crippen molar-refractivity contribution in [1.29, 1.82) is 0 Å². The molecule has 1 saturated heterocycles. The van der Waals surface area contributed by atoms with Gasteiger partial charge in [-0.05, 0) is 85.6 Å². The van der Waals surface area contributed by atoms with Crippen LogP contribution in [0.3, 0.4) is 0 Å². The lowest BCUT2D eigenvalue weighted by Gasteiger charge is -2.66. The molecule has 6 nitrogen and oxygen atoms in total. The van der Waals surface area contributed by atoms with Crippen molar-refractivity contribution in [2.45, 2.75) is 64.9 Å². The van der Waals surface area contributed by atoms with Gasteiger partial charge in [0, 0.05) is 0 Å². The Morgan fingerprint density at radius 2 is 1.94 bits per heavy atom. The largest absolute Gasteiger partial charge is 0.497 e. The second kappa shape index (κ2) is 8.79. The Kier molecular flexibility index (Phi) is 6.05. The number of ketones is 1. The molecule has 0 radical (unpaired) electrons. The van der Waals surface area contributed by atoms with Gasteiger partial charge < -0.3 is 14.2 Å². The van der Waals surface area contributed by atoms with E-state index in [1.807, 2.05) is 0 Å². The van der Waals surface area contributed by atoms with Crippen LogP contribution in [0, 0.1) is 34.5 Å². The fourth-order valence-electron chi connectivity index (χ4n) is 7.88. The van der Waals surface area contributed by atoms with Crippen molar-refractivity contribution in [2.75, 3.05) is 13.7 Å². The number of fused-ring (bicyclic) bond motifs is 3. The molecule has 4 aliphatic carbocycles. The molecule has 4 saturated carbocycles. The predicted octanol–water partition coefficient (Wildman–Crippen LogP) is 5.15. The monoisotopic (exact) mass is 480 g/mol. The highest BCUT2D eigenvalue weighted by Crippen LogP contribution is 2.69. The maximum atomic E-state index is 14.0.